The smallest absolute Gasteiger partial charge is 0.321 e. The second-order valence-corrected chi connectivity index (χ2v) is 5.67. The van der Waals surface area contributed by atoms with E-state index in [1.807, 2.05) is 0 Å². The second kappa shape index (κ2) is 7.29. The molecular weight excluding hydrogens is 326 g/mol. The van der Waals surface area contributed by atoms with Gasteiger partial charge in [-0.1, -0.05) is 11.3 Å². The Morgan fingerprint density at radius 2 is 2.39 bits per heavy atom. The Kier molecular flexibility index (Phi) is 6.02. The highest BCUT2D eigenvalue weighted by Gasteiger charge is 2.13. The molecule has 0 fully saturated rings. The first-order valence-electron chi connectivity index (χ1n) is 4.92. The van der Waals surface area contributed by atoms with Gasteiger partial charge in [-0.3, -0.25) is 10.1 Å². The van der Waals surface area contributed by atoms with Crippen molar-refractivity contribution >= 4 is 44.4 Å². The molecule has 1 heterocycles. The van der Waals surface area contributed by atoms with Gasteiger partial charge in [-0.05, 0) is 15.9 Å². The topological polar surface area (TPSA) is 101 Å². The van der Waals surface area contributed by atoms with Crippen LogP contribution in [0.15, 0.2) is 9.98 Å². The summed E-state index contributed by atoms with van der Waals surface area (Å²) in [5.41, 5.74) is 0. The maximum absolute atomic E-state index is 11.5. The minimum Gasteiger partial charge on any atom is -0.481 e. The number of carbonyl (C=O) groups is 2. The Labute approximate surface area is 116 Å². The fraction of sp³-hybridized carbons (Fsp3) is 0.444. The third-order valence-corrected chi connectivity index (χ3v) is 3.32. The van der Waals surface area contributed by atoms with Crippen LogP contribution in [-0.4, -0.2) is 41.8 Å². The van der Waals surface area contributed by atoms with Gasteiger partial charge in [0.15, 0.2) is 5.13 Å². The van der Waals surface area contributed by atoms with E-state index in [9.17, 15) is 9.59 Å². The van der Waals surface area contributed by atoms with Crippen LogP contribution in [0.4, 0.5) is 9.93 Å². The van der Waals surface area contributed by atoms with Gasteiger partial charge in [0.1, 0.15) is 0 Å². The van der Waals surface area contributed by atoms with Gasteiger partial charge in [-0.2, -0.15) is 0 Å². The molecular formula is C9H12BrN3O4S. The third kappa shape index (κ3) is 5.43. The molecule has 18 heavy (non-hydrogen) atoms. The molecule has 1 aromatic rings. The summed E-state index contributed by atoms with van der Waals surface area (Å²) in [7, 11) is 1.39. The summed E-state index contributed by atoms with van der Waals surface area (Å²) in [5, 5.41) is 14.1. The molecule has 0 aliphatic heterocycles. The molecule has 1 rings (SSSR count). The van der Waals surface area contributed by atoms with Gasteiger partial charge in [-0.15, -0.1) is 0 Å². The molecule has 0 aliphatic rings. The maximum Gasteiger partial charge on any atom is 0.321 e. The molecule has 2 amide bonds. The van der Waals surface area contributed by atoms with Gasteiger partial charge < -0.3 is 15.2 Å². The lowest BCUT2D eigenvalue weighted by atomic mass is 10.2. The molecule has 3 N–H and O–H groups in total. The van der Waals surface area contributed by atoms with E-state index in [0.29, 0.717) is 5.13 Å². The fourth-order valence-corrected chi connectivity index (χ4v) is 2.20. The Morgan fingerprint density at radius 1 is 1.67 bits per heavy atom. The number of carboxylic acids is 1. The van der Waals surface area contributed by atoms with E-state index < -0.39 is 18.1 Å². The van der Waals surface area contributed by atoms with Gasteiger partial charge in [0.05, 0.1) is 22.5 Å². The number of ether oxygens (including phenoxy) is 1. The van der Waals surface area contributed by atoms with Crippen molar-refractivity contribution < 1.29 is 19.4 Å². The lowest BCUT2D eigenvalue weighted by Crippen LogP contribution is -2.37. The molecule has 9 heteroatoms. The van der Waals surface area contributed by atoms with Crippen LogP contribution in [0.25, 0.3) is 0 Å². The molecule has 0 radical (unpaired) electrons. The number of aliphatic carboxylic acids is 1. The van der Waals surface area contributed by atoms with Gasteiger partial charge >= 0.3 is 12.0 Å². The quantitative estimate of drug-likeness (QED) is 0.730. The van der Waals surface area contributed by atoms with Crippen molar-refractivity contribution in [3.8, 4) is 0 Å². The largest absolute Gasteiger partial charge is 0.481 e. The van der Waals surface area contributed by atoms with Crippen molar-refractivity contribution in [1.82, 2.24) is 10.3 Å². The van der Waals surface area contributed by atoms with Crippen molar-refractivity contribution in [3.05, 3.63) is 9.98 Å². The van der Waals surface area contributed by atoms with E-state index in [2.05, 4.69) is 31.5 Å². The van der Waals surface area contributed by atoms with Crippen LogP contribution in [0.5, 0.6) is 0 Å². The van der Waals surface area contributed by atoms with Crippen molar-refractivity contribution in [2.24, 2.45) is 0 Å². The van der Waals surface area contributed by atoms with E-state index in [1.165, 1.54) is 18.4 Å². The van der Waals surface area contributed by atoms with Gasteiger partial charge in [0.2, 0.25) is 0 Å². The molecule has 100 valence electrons. The summed E-state index contributed by atoms with van der Waals surface area (Å²) in [4.78, 5) is 25.9. The number of nitrogens with one attached hydrogen (secondary N) is 2. The van der Waals surface area contributed by atoms with Crippen molar-refractivity contribution in [3.63, 3.8) is 0 Å². The number of carboxylic acid groups (broad SMARTS) is 1. The first-order chi connectivity index (χ1) is 8.51. The molecule has 1 unspecified atom stereocenters. The summed E-state index contributed by atoms with van der Waals surface area (Å²) in [6.07, 6.45) is 0.846. The molecule has 0 aliphatic carbocycles. The number of anilines is 1. The van der Waals surface area contributed by atoms with E-state index in [-0.39, 0.29) is 13.0 Å². The first-order valence-corrected chi connectivity index (χ1v) is 6.53. The predicted molar refractivity (Wildman–Crippen MR) is 69.9 cm³/mol. The van der Waals surface area contributed by atoms with Crippen LogP contribution in [0.1, 0.15) is 6.42 Å². The van der Waals surface area contributed by atoms with Crippen LogP contribution < -0.4 is 10.6 Å². The zero-order chi connectivity index (χ0) is 13.5. The number of hydrogen-bond donors (Lipinski definition) is 3. The van der Waals surface area contributed by atoms with Crippen LogP contribution in [0.3, 0.4) is 0 Å². The summed E-state index contributed by atoms with van der Waals surface area (Å²) < 4.78 is 5.73. The number of thiazole rings is 1. The summed E-state index contributed by atoms with van der Waals surface area (Å²) in [5.74, 6) is -0.979. The molecule has 0 bridgehead atoms. The van der Waals surface area contributed by atoms with Crippen LogP contribution in [-0.2, 0) is 9.53 Å². The normalized spacial score (nSPS) is 11.9. The highest BCUT2D eigenvalue weighted by atomic mass is 79.9. The van der Waals surface area contributed by atoms with E-state index in [0.717, 1.165) is 3.79 Å². The minimum absolute atomic E-state index is 0.112. The number of carbonyl (C=O) groups excluding carboxylic acids is 1. The lowest BCUT2D eigenvalue weighted by Gasteiger charge is -2.13. The van der Waals surface area contributed by atoms with E-state index >= 15 is 0 Å². The number of amides is 2. The van der Waals surface area contributed by atoms with Gasteiger partial charge in [0, 0.05) is 13.7 Å². The van der Waals surface area contributed by atoms with Crippen molar-refractivity contribution in [1.29, 1.82) is 0 Å². The average Bonchev–Trinajstić information content (AvgIpc) is 2.69. The molecule has 0 saturated carbocycles. The minimum atomic E-state index is -0.979. The van der Waals surface area contributed by atoms with Gasteiger partial charge in [-0.25, -0.2) is 9.78 Å². The third-order valence-electron chi connectivity index (χ3n) is 1.92. The van der Waals surface area contributed by atoms with Crippen molar-refractivity contribution in [2.45, 2.75) is 12.5 Å². The Morgan fingerprint density at radius 3 is 2.89 bits per heavy atom. The SMILES string of the molecule is COC(CNC(=O)Nc1ncc(Br)s1)CC(=O)O. The number of nitrogens with zero attached hydrogens (tertiary/aromatic N) is 1. The fourth-order valence-electron chi connectivity index (χ4n) is 1.09. The highest BCUT2D eigenvalue weighted by molar-refractivity contribution is 9.11. The van der Waals surface area contributed by atoms with E-state index in [1.54, 1.807) is 6.20 Å². The van der Waals surface area contributed by atoms with Crippen LogP contribution in [0.2, 0.25) is 0 Å². The summed E-state index contributed by atoms with van der Waals surface area (Å²) >= 11 is 4.50. The second-order valence-electron chi connectivity index (χ2n) is 3.26. The first kappa shape index (κ1) is 14.9. The number of urea groups is 1. The number of rotatable bonds is 6. The highest BCUT2D eigenvalue weighted by Crippen LogP contribution is 2.22. The maximum atomic E-state index is 11.5. The Bertz CT molecular complexity index is 426. The summed E-state index contributed by atoms with van der Waals surface area (Å²) in [6.45, 7) is 0.112. The summed E-state index contributed by atoms with van der Waals surface area (Å²) in [6, 6.07) is -0.454. The average molecular weight is 338 g/mol. The standard InChI is InChI=1S/C9H12BrN3O4S/c1-17-5(2-7(14)15)3-11-8(16)13-9-12-4-6(10)18-9/h4-5H,2-3H2,1H3,(H,14,15)(H2,11,12,13,16). The van der Waals surface area contributed by atoms with Crippen molar-refractivity contribution in [2.75, 3.05) is 19.0 Å². The zero-order valence-electron chi connectivity index (χ0n) is 9.47. The number of aromatic nitrogens is 1. The molecule has 0 spiro atoms. The number of halogens is 1. The predicted octanol–water partition coefficient (Wildman–Crippen LogP) is 1.52. The Balaban J connectivity index is 2.33. The lowest BCUT2D eigenvalue weighted by molar-refractivity contribution is -0.139. The Hall–Kier alpha value is -1.19. The number of hydrogen-bond acceptors (Lipinski definition) is 5. The zero-order valence-corrected chi connectivity index (χ0v) is 11.9. The van der Waals surface area contributed by atoms with E-state index in [4.69, 9.17) is 9.84 Å². The van der Waals surface area contributed by atoms with Crippen LogP contribution >= 0.6 is 27.3 Å². The molecule has 7 nitrogen and oxygen atoms in total. The molecule has 0 aromatic carbocycles. The van der Waals surface area contributed by atoms with Gasteiger partial charge in [0.25, 0.3) is 0 Å². The molecule has 1 aromatic heterocycles. The molecule has 1 atom stereocenters. The molecule has 0 saturated heterocycles. The monoisotopic (exact) mass is 337 g/mol. The van der Waals surface area contributed by atoms with Crippen LogP contribution in [0, 0.1) is 0 Å². The number of methoxy groups -OCH3 is 1.